The average molecular weight is 231 g/mol. The minimum absolute atomic E-state index is 0.0970. The van der Waals surface area contributed by atoms with Crippen molar-refractivity contribution in [2.45, 2.75) is 50.8 Å². The van der Waals surface area contributed by atoms with E-state index in [0.29, 0.717) is 6.04 Å². The molecule has 1 aliphatic heterocycles. The zero-order chi connectivity index (χ0) is 11.7. The van der Waals surface area contributed by atoms with Gasteiger partial charge in [0.1, 0.15) is 0 Å². The summed E-state index contributed by atoms with van der Waals surface area (Å²) >= 11 is 0. The van der Waals surface area contributed by atoms with Crippen molar-refractivity contribution in [1.29, 1.82) is 0 Å². The second-order valence-corrected chi connectivity index (χ2v) is 5.41. The molecule has 2 unspecified atom stereocenters. The van der Waals surface area contributed by atoms with Crippen LogP contribution in [0.1, 0.15) is 36.8 Å². The molecule has 0 radical (unpaired) electrons. The third kappa shape index (κ3) is 2.24. The van der Waals surface area contributed by atoms with Crippen molar-refractivity contribution in [3.05, 3.63) is 35.4 Å². The minimum atomic E-state index is -0.0970. The molecule has 1 aliphatic carbocycles. The molecule has 0 amide bonds. The summed E-state index contributed by atoms with van der Waals surface area (Å²) in [5, 5.41) is 10.0. The van der Waals surface area contributed by atoms with Crippen LogP contribution in [0.15, 0.2) is 24.3 Å². The maximum Gasteiger partial charge on any atom is 0.0695 e. The van der Waals surface area contributed by atoms with Crippen LogP contribution in [-0.4, -0.2) is 28.7 Å². The summed E-state index contributed by atoms with van der Waals surface area (Å²) in [4.78, 5) is 2.50. The molecule has 2 atom stereocenters. The molecule has 2 heteroatoms. The number of aryl methyl sites for hydroxylation is 1. The summed E-state index contributed by atoms with van der Waals surface area (Å²) in [6, 6.07) is 9.17. The normalized spacial score (nSPS) is 29.9. The van der Waals surface area contributed by atoms with Crippen LogP contribution in [0.4, 0.5) is 0 Å². The van der Waals surface area contributed by atoms with Crippen LogP contribution in [0.5, 0.6) is 0 Å². The number of rotatable bonds is 1. The Morgan fingerprint density at radius 1 is 1.06 bits per heavy atom. The molecular formula is C15H21NO. The highest BCUT2D eigenvalue weighted by atomic mass is 16.3. The first kappa shape index (κ1) is 11.2. The van der Waals surface area contributed by atoms with Gasteiger partial charge in [-0.3, -0.25) is 4.90 Å². The Balaban J connectivity index is 1.80. The first-order chi connectivity index (χ1) is 8.34. The van der Waals surface area contributed by atoms with Gasteiger partial charge in [0.05, 0.1) is 6.10 Å². The molecule has 0 bridgehead atoms. The monoisotopic (exact) mass is 231 g/mol. The van der Waals surface area contributed by atoms with E-state index in [9.17, 15) is 5.11 Å². The van der Waals surface area contributed by atoms with Crippen molar-refractivity contribution < 1.29 is 5.11 Å². The number of hydrogen-bond acceptors (Lipinski definition) is 2. The summed E-state index contributed by atoms with van der Waals surface area (Å²) in [5.41, 5.74) is 2.96. The Hall–Kier alpha value is -0.860. The molecule has 0 spiro atoms. The lowest BCUT2D eigenvalue weighted by Crippen LogP contribution is -2.40. The summed E-state index contributed by atoms with van der Waals surface area (Å²) in [7, 11) is 0. The molecule has 2 aliphatic rings. The van der Waals surface area contributed by atoms with Crippen molar-refractivity contribution in [3.8, 4) is 0 Å². The van der Waals surface area contributed by atoms with E-state index in [4.69, 9.17) is 0 Å². The van der Waals surface area contributed by atoms with Gasteiger partial charge in [-0.25, -0.2) is 0 Å². The molecule has 17 heavy (non-hydrogen) atoms. The lowest BCUT2D eigenvalue weighted by atomic mass is 10.0. The highest BCUT2D eigenvalue weighted by Crippen LogP contribution is 2.28. The Labute approximate surface area is 103 Å². The summed E-state index contributed by atoms with van der Waals surface area (Å²) in [6.45, 7) is 2.16. The summed E-state index contributed by atoms with van der Waals surface area (Å²) in [6.07, 6.45) is 5.66. The fourth-order valence-electron chi connectivity index (χ4n) is 3.36. The first-order valence-corrected chi connectivity index (χ1v) is 6.83. The predicted octanol–water partition coefficient (Wildman–Crippen LogP) is 2.35. The molecule has 1 aromatic rings. The SMILES string of the molecule is OC1CCCC1N1CCCc2ccccc2C1. The fourth-order valence-corrected chi connectivity index (χ4v) is 3.36. The lowest BCUT2D eigenvalue weighted by molar-refractivity contribution is 0.0668. The van der Waals surface area contributed by atoms with Gasteiger partial charge in [0.15, 0.2) is 0 Å². The second kappa shape index (κ2) is 4.79. The molecule has 1 aromatic carbocycles. The molecule has 92 valence electrons. The van der Waals surface area contributed by atoms with Crippen molar-refractivity contribution in [2.75, 3.05) is 6.54 Å². The van der Waals surface area contributed by atoms with Crippen LogP contribution < -0.4 is 0 Å². The first-order valence-electron chi connectivity index (χ1n) is 6.83. The summed E-state index contributed by atoms with van der Waals surface area (Å²) < 4.78 is 0. The van der Waals surface area contributed by atoms with Gasteiger partial charge in [-0.2, -0.15) is 0 Å². The van der Waals surface area contributed by atoms with Crippen molar-refractivity contribution in [3.63, 3.8) is 0 Å². The van der Waals surface area contributed by atoms with E-state index in [1.807, 2.05) is 0 Å². The van der Waals surface area contributed by atoms with E-state index in [2.05, 4.69) is 29.2 Å². The lowest BCUT2D eigenvalue weighted by Gasteiger charge is -2.30. The molecular weight excluding hydrogens is 210 g/mol. The van der Waals surface area contributed by atoms with Crippen LogP contribution in [-0.2, 0) is 13.0 Å². The largest absolute Gasteiger partial charge is 0.391 e. The van der Waals surface area contributed by atoms with Crippen LogP contribution in [0.2, 0.25) is 0 Å². The molecule has 1 N–H and O–H groups in total. The predicted molar refractivity (Wildman–Crippen MR) is 68.8 cm³/mol. The minimum Gasteiger partial charge on any atom is -0.391 e. The molecule has 1 fully saturated rings. The number of hydrogen-bond donors (Lipinski definition) is 1. The summed E-state index contributed by atoms with van der Waals surface area (Å²) in [5.74, 6) is 0. The van der Waals surface area contributed by atoms with E-state index in [1.165, 1.54) is 36.8 Å². The second-order valence-electron chi connectivity index (χ2n) is 5.41. The Morgan fingerprint density at radius 3 is 2.65 bits per heavy atom. The number of benzene rings is 1. The molecule has 2 nitrogen and oxygen atoms in total. The third-order valence-electron chi connectivity index (χ3n) is 4.30. The van der Waals surface area contributed by atoms with Gasteiger partial charge in [-0.15, -0.1) is 0 Å². The topological polar surface area (TPSA) is 23.5 Å². The molecule has 1 heterocycles. The van der Waals surface area contributed by atoms with Gasteiger partial charge in [0.25, 0.3) is 0 Å². The number of aliphatic hydroxyl groups is 1. The van der Waals surface area contributed by atoms with Gasteiger partial charge in [-0.1, -0.05) is 24.3 Å². The van der Waals surface area contributed by atoms with Gasteiger partial charge in [0, 0.05) is 12.6 Å². The van der Waals surface area contributed by atoms with E-state index >= 15 is 0 Å². The van der Waals surface area contributed by atoms with Crippen LogP contribution in [0, 0.1) is 0 Å². The van der Waals surface area contributed by atoms with E-state index < -0.39 is 0 Å². The van der Waals surface area contributed by atoms with Gasteiger partial charge >= 0.3 is 0 Å². The number of fused-ring (bicyclic) bond motifs is 1. The standard InChI is InChI=1S/C15H21NO/c17-15-9-3-8-14(15)16-10-4-7-12-5-1-2-6-13(12)11-16/h1-2,5-6,14-15,17H,3-4,7-11H2. The Morgan fingerprint density at radius 2 is 1.88 bits per heavy atom. The van der Waals surface area contributed by atoms with E-state index in [-0.39, 0.29) is 6.10 Å². The zero-order valence-electron chi connectivity index (χ0n) is 10.3. The van der Waals surface area contributed by atoms with E-state index in [1.54, 1.807) is 0 Å². The van der Waals surface area contributed by atoms with Gasteiger partial charge in [0.2, 0.25) is 0 Å². The van der Waals surface area contributed by atoms with Crippen LogP contribution >= 0.6 is 0 Å². The highest BCUT2D eigenvalue weighted by molar-refractivity contribution is 5.28. The smallest absolute Gasteiger partial charge is 0.0695 e. The quantitative estimate of drug-likeness (QED) is 0.802. The third-order valence-corrected chi connectivity index (χ3v) is 4.30. The van der Waals surface area contributed by atoms with Crippen molar-refractivity contribution >= 4 is 0 Å². The zero-order valence-corrected chi connectivity index (χ0v) is 10.3. The number of aliphatic hydroxyl groups excluding tert-OH is 1. The van der Waals surface area contributed by atoms with Gasteiger partial charge < -0.3 is 5.11 Å². The Kier molecular flexibility index (Phi) is 3.17. The molecule has 0 saturated heterocycles. The maximum atomic E-state index is 10.0. The van der Waals surface area contributed by atoms with Crippen molar-refractivity contribution in [2.24, 2.45) is 0 Å². The molecule has 1 saturated carbocycles. The Bertz CT molecular complexity index is 390. The maximum absolute atomic E-state index is 10.0. The fraction of sp³-hybridized carbons (Fsp3) is 0.600. The highest BCUT2D eigenvalue weighted by Gasteiger charge is 2.31. The number of nitrogens with zero attached hydrogens (tertiary/aromatic N) is 1. The van der Waals surface area contributed by atoms with Gasteiger partial charge in [-0.05, 0) is 49.8 Å². The van der Waals surface area contributed by atoms with E-state index in [0.717, 1.165) is 19.5 Å². The average Bonchev–Trinajstić information content (AvgIpc) is 2.65. The van der Waals surface area contributed by atoms with Crippen LogP contribution in [0.25, 0.3) is 0 Å². The van der Waals surface area contributed by atoms with Crippen molar-refractivity contribution in [1.82, 2.24) is 4.90 Å². The van der Waals surface area contributed by atoms with Crippen LogP contribution in [0.3, 0.4) is 0 Å². The molecule has 0 aromatic heterocycles. The molecule has 3 rings (SSSR count).